The van der Waals surface area contributed by atoms with Crippen LogP contribution in [0.2, 0.25) is 5.02 Å². The quantitative estimate of drug-likeness (QED) is 0.335. The maximum atomic E-state index is 12.5. The average Bonchev–Trinajstić information content (AvgIpc) is 3.38. The molecule has 0 bridgehead atoms. The highest BCUT2D eigenvalue weighted by atomic mass is 35.5. The number of aromatic nitrogens is 3. The molecule has 0 spiro atoms. The standard InChI is InChI=1S/C26H24ClN7O2/c1-33(2)9-4-5-25(35)32-22-12-19-21(13-24(22)36-3)30-15-17(14-28)26(19)31-18-6-7-23(20(27)11-18)34-10-8-29-16-34/h4-8,10-13,15-16H,9H2,1-3H3,(H,30,31)(H,32,35). The van der Waals surface area contributed by atoms with Crippen molar-refractivity contribution in [2.24, 2.45) is 0 Å². The van der Waals surface area contributed by atoms with Gasteiger partial charge in [-0.3, -0.25) is 9.78 Å². The second kappa shape index (κ2) is 10.9. The Morgan fingerprint density at radius 2 is 2.14 bits per heavy atom. The van der Waals surface area contributed by atoms with Gasteiger partial charge in [0.05, 0.1) is 46.6 Å². The van der Waals surface area contributed by atoms with Gasteiger partial charge in [-0.25, -0.2) is 4.98 Å². The number of halogens is 1. The number of carbonyl (C=O) groups excluding carboxylic acids is 1. The monoisotopic (exact) mass is 501 g/mol. The summed E-state index contributed by atoms with van der Waals surface area (Å²) >= 11 is 6.52. The van der Waals surface area contributed by atoms with Crippen LogP contribution in [-0.2, 0) is 4.79 Å². The number of likely N-dealkylation sites (N-methyl/N-ethyl adjacent to an activating group) is 1. The van der Waals surface area contributed by atoms with E-state index in [2.05, 4.69) is 26.7 Å². The minimum atomic E-state index is -0.296. The largest absolute Gasteiger partial charge is 0.494 e. The SMILES string of the molecule is COc1cc2ncc(C#N)c(Nc3ccc(-n4ccnc4)c(Cl)c3)c2cc1NC(=O)C=CCN(C)C. The van der Waals surface area contributed by atoms with Crippen LogP contribution in [0.1, 0.15) is 5.56 Å². The van der Waals surface area contributed by atoms with Crippen molar-refractivity contribution in [3.8, 4) is 17.5 Å². The lowest BCUT2D eigenvalue weighted by Crippen LogP contribution is -2.13. The van der Waals surface area contributed by atoms with Crippen molar-refractivity contribution in [3.63, 3.8) is 0 Å². The molecule has 0 unspecified atom stereocenters. The summed E-state index contributed by atoms with van der Waals surface area (Å²) in [6.45, 7) is 0.633. The Hall–Kier alpha value is -4.39. The first kappa shape index (κ1) is 24.7. The van der Waals surface area contributed by atoms with Crippen molar-refractivity contribution in [1.82, 2.24) is 19.4 Å². The van der Waals surface area contributed by atoms with E-state index < -0.39 is 0 Å². The zero-order chi connectivity index (χ0) is 25.7. The predicted octanol–water partition coefficient (Wildman–Crippen LogP) is 4.75. The molecule has 182 valence electrons. The fraction of sp³-hybridized carbons (Fsp3) is 0.154. The van der Waals surface area contributed by atoms with Gasteiger partial charge < -0.3 is 24.8 Å². The molecule has 0 aliphatic rings. The van der Waals surface area contributed by atoms with Gasteiger partial charge in [-0.05, 0) is 38.4 Å². The van der Waals surface area contributed by atoms with E-state index in [0.717, 1.165) is 5.69 Å². The minimum absolute atomic E-state index is 0.296. The molecule has 4 rings (SSSR count). The first-order chi connectivity index (χ1) is 17.4. The van der Waals surface area contributed by atoms with Crippen LogP contribution in [0, 0.1) is 11.3 Å². The van der Waals surface area contributed by atoms with E-state index in [1.54, 1.807) is 43.0 Å². The summed E-state index contributed by atoms with van der Waals surface area (Å²) in [5.41, 5.74) is 3.38. The Labute approximate surface area is 213 Å². The average molecular weight is 502 g/mol. The molecule has 36 heavy (non-hydrogen) atoms. The summed E-state index contributed by atoms with van der Waals surface area (Å²) in [6, 6.07) is 11.1. The number of rotatable bonds is 8. The molecule has 2 N–H and O–H groups in total. The third-order valence-electron chi connectivity index (χ3n) is 5.31. The Morgan fingerprint density at radius 1 is 1.31 bits per heavy atom. The van der Waals surface area contributed by atoms with Gasteiger partial charge in [-0.15, -0.1) is 0 Å². The molecule has 2 aromatic carbocycles. The number of nitrogens with one attached hydrogen (secondary N) is 2. The molecule has 0 saturated heterocycles. The molecular weight excluding hydrogens is 478 g/mol. The van der Waals surface area contributed by atoms with Gasteiger partial charge in [0.1, 0.15) is 11.8 Å². The van der Waals surface area contributed by atoms with Gasteiger partial charge >= 0.3 is 0 Å². The molecule has 1 amide bonds. The second-order valence-corrected chi connectivity index (χ2v) is 8.55. The van der Waals surface area contributed by atoms with E-state index in [1.807, 2.05) is 35.7 Å². The lowest BCUT2D eigenvalue weighted by molar-refractivity contribution is -0.111. The van der Waals surface area contributed by atoms with Crippen molar-refractivity contribution < 1.29 is 9.53 Å². The Kier molecular flexibility index (Phi) is 7.49. The molecule has 9 nitrogen and oxygen atoms in total. The van der Waals surface area contributed by atoms with Crippen molar-refractivity contribution in [2.75, 3.05) is 38.4 Å². The van der Waals surface area contributed by atoms with Crippen molar-refractivity contribution >= 4 is 45.5 Å². The van der Waals surface area contributed by atoms with Crippen LogP contribution in [-0.4, -0.2) is 53.1 Å². The van der Waals surface area contributed by atoms with Crippen LogP contribution >= 0.6 is 11.6 Å². The summed E-state index contributed by atoms with van der Waals surface area (Å²) in [5, 5.41) is 17.1. The molecule has 0 radical (unpaired) electrons. The van der Waals surface area contributed by atoms with Crippen molar-refractivity contribution in [1.29, 1.82) is 5.26 Å². The summed E-state index contributed by atoms with van der Waals surface area (Å²) in [7, 11) is 5.36. The first-order valence-electron chi connectivity index (χ1n) is 11.0. The van der Waals surface area contributed by atoms with Crippen LogP contribution in [0.4, 0.5) is 17.1 Å². The van der Waals surface area contributed by atoms with E-state index >= 15 is 0 Å². The minimum Gasteiger partial charge on any atom is -0.494 e. The highest BCUT2D eigenvalue weighted by Crippen LogP contribution is 2.36. The number of nitriles is 1. The van der Waals surface area contributed by atoms with Crippen LogP contribution in [0.25, 0.3) is 16.6 Å². The van der Waals surface area contributed by atoms with Crippen LogP contribution < -0.4 is 15.4 Å². The number of amides is 1. The van der Waals surface area contributed by atoms with Crippen molar-refractivity contribution in [3.05, 3.63) is 78.0 Å². The Balaban J connectivity index is 1.72. The van der Waals surface area contributed by atoms with Crippen molar-refractivity contribution in [2.45, 2.75) is 0 Å². The molecule has 2 heterocycles. The molecular formula is C26H24ClN7O2. The smallest absolute Gasteiger partial charge is 0.248 e. The fourth-order valence-corrected chi connectivity index (χ4v) is 3.87. The predicted molar refractivity (Wildman–Crippen MR) is 141 cm³/mol. The fourth-order valence-electron chi connectivity index (χ4n) is 3.59. The highest BCUT2D eigenvalue weighted by Gasteiger charge is 2.15. The summed E-state index contributed by atoms with van der Waals surface area (Å²) < 4.78 is 7.29. The third kappa shape index (κ3) is 5.46. The molecule has 0 aliphatic heterocycles. The van der Waals surface area contributed by atoms with Crippen LogP contribution in [0.3, 0.4) is 0 Å². The number of methoxy groups -OCH3 is 1. The lowest BCUT2D eigenvalue weighted by atomic mass is 10.1. The molecule has 10 heteroatoms. The van der Waals surface area contributed by atoms with Gasteiger partial charge in [0.2, 0.25) is 5.91 Å². The van der Waals surface area contributed by atoms with E-state index in [9.17, 15) is 10.1 Å². The number of anilines is 3. The number of nitrogens with zero attached hydrogens (tertiary/aromatic N) is 5. The topological polar surface area (TPSA) is 108 Å². The summed E-state index contributed by atoms with van der Waals surface area (Å²) in [6.07, 6.45) is 9.87. The number of pyridine rings is 1. The number of fused-ring (bicyclic) bond motifs is 1. The molecule has 2 aromatic heterocycles. The molecule has 4 aromatic rings. The zero-order valence-electron chi connectivity index (χ0n) is 20.0. The number of hydrogen-bond donors (Lipinski definition) is 2. The number of imidazole rings is 1. The van der Waals surface area contributed by atoms with Gasteiger partial charge in [0.25, 0.3) is 0 Å². The molecule has 0 aliphatic carbocycles. The lowest BCUT2D eigenvalue weighted by Gasteiger charge is -2.16. The molecule has 0 atom stereocenters. The maximum absolute atomic E-state index is 12.5. The van der Waals surface area contributed by atoms with E-state index in [-0.39, 0.29) is 5.91 Å². The second-order valence-electron chi connectivity index (χ2n) is 8.14. The zero-order valence-corrected chi connectivity index (χ0v) is 20.7. The molecule has 0 saturated carbocycles. The molecule has 0 fully saturated rings. The third-order valence-corrected chi connectivity index (χ3v) is 5.61. The van der Waals surface area contributed by atoms with Crippen LogP contribution in [0.5, 0.6) is 5.75 Å². The Bertz CT molecular complexity index is 1470. The highest BCUT2D eigenvalue weighted by molar-refractivity contribution is 6.32. The van der Waals surface area contributed by atoms with Gasteiger partial charge in [0.15, 0.2) is 0 Å². The number of benzene rings is 2. The van der Waals surface area contributed by atoms with E-state index in [4.69, 9.17) is 16.3 Å². The summed E-state index contributed by atoms with van der Waals surface area (Å²) in [4.78, 5) is 22.9. The number of ether oxygens (including phenoxy) is 1. The number of carbonyl (C=O) groups is 1. The van der Waals surface area contributed by atoms with E-state index in [1.165, 1.54) is 19.4 Å². The van der Waals surface area contributed by atoms with E-state index in [0.29, 0.717) is 50.8 Å². The number of hydrogen-bond acceptors (Lipinski definition) is 7. The maximum Gasteiger partial charge on any atom is 0.248 e. The summed E-state index contributed by atoms with van der Waals surface area (Å²) in [5.74, 6) is 0.156. The van der Waals surface area contributed by atoms with Gasteiger partial charge in [0, 0.05) is 48.4 Å². The van der Waals surface area contributed by atoms with Gasteiger partial charge in [-0.1, -0.05) is 17.7 Å². The Morgan fingerprint density at radius 3 is 2.81 bits per heavy atom. The first-order valence-corrected chi connectivity index (χ1v) is 11.4. The van der Waals surface area contributed by atoms with Crippen LogP contribution in [0.15, 0.2) is 67.4 Å². The normalized spacial score (nSPS) is 11.1. The van der Waals surface area contributed by atoms with Gasteiger partial charge in [-0.2, -0.15) is 5.26 Å².